The van der Waals surface area contributed by atoms with Gasteiger partial charge in [-0.3, -0.25) is 9.59 Å². The van der Waals surface area contributed by atoms with Crippen LogP contribution in [0.25, 0.3) is 0 Å². The number of hydrogen-bond donors (Lipinski definition) is 2. The van der Waals surface area contributed by atoms with E-state index >= 15 is 0 Å². The van der Waals surface area contributed by atoms with Crippen molar-refractivity contribution in [2.24, 2.45) is 16.7 Å². The van der Waals surface area contributed by atoms with Crippen LogP contribution in [-0.2, 0) is 16.2 Å². The Balaban J connectivity index is 1.61. The van der Waals surface area contributed by atoms with E-state index in [0.717, 1.165) is 11.3 Å². The average Bonchev–Trinajstić information content (AvgIpc) is 2.92. The van der Waals surface area contributed by atoms with E-state index in [-0.39, 0.29) is 11.8 Å². The molecular formula is C23H27NO4. The Morgan fingerprint density at radius 1 is 1.07 bits per heavy atom. The standard InChI is InChI=1S/C23H27NO4/c1-22(2)19(13-14-23(22,3)21(26)27)20(25)24-17-9-11-18(12-10-17)28-15-16-7-5-4-6-8-16/h4-12,19H,13-15H2,1-3H3,(H,24,25)(H,26,27)/t19-,23-/m1/s1. The van der Waals surface area contributed by atoms with Crippen LogP contribution < -0.4 is 10.1 Å². The third kappa shape index (κ3) is 3.75. The summed E-state index contributed by atoms with van der Waals surface area (Å²) < 4.78 is 5.76. The minimum Gasteiger partial charge on any atom is -0.489 e. The van der Waals surface area contributed by atoms with Gasteiger partial charge >= 0.3 is 5.97 Å². The third-order valence-electron chi connectivity index (χ3n) is 6.38. The number of carbonyl (C=O) groups is 2. The number of ether oxygens (including phenoxy) is 1. The normalized spacial score (nSPS) is 23.2. The van der Waals surface area contributed by atoms with Gasteiger partial charge in [0, 0.05) is 11.6 Å². The van der Waals surface area contributed by atoms with Crippen molar-refractivity contribution in [1.29, 1.82) is 0 Å². The fraction of sp³-hybridized carbons (Fsp3) is 0.391. The number of carboxylic acids is 1. The van der Waals surface area contributed by atoms with Gasteiger partial charge in [0.25, 0.3) is 0 Å². The first kappa shape index (κ1) is 19.9. The van der Waals surface area contributed by atoms with E-state index in [0.29, 0.717) is 25.1 Å². The van der Waals surface area contributed by atoms with Gasteiger partial charge in [0.15, 0.2) is 0 Å². The molecule has 1 aliphatic rings. The van der Waals surface area contributed by atoms with Crippen molar-refractivity contribution < 1.29 is 19.4 Å². The van der Waals surface area contributed by atoms with E-state index in [2.05, 4.69) is 5.32 Å². The number of carboxylic acid groups (broad SMARTS) is 1. The van der Waals surface area contributed by atoms with Gasteiger partial charge in [-0.05, 0) is 55.0 Å². The highest BCUT2D eigenvalue weighted by Crippen LogP contribution is 2.56. The van der Waals surface area contributed by atoms with Gasteiger partial charge in [-0.25, -0.2) is 0 Å². The highest BCUT2D eigenvalue weighted by Gasteiger charge is 2.58. The Bertz CT molecular complexity index is 845. The molecule has 0 saturated heterocycles. The second kappa shape index (κ2) is 7.66. The predicted molar refractivity (Wildman–Crippen MR) is 108 cm³/mol. The van der Waals surface area contributed by atoms with Crippen LogP contribution in [0.1, 0.15) is 39.2 Å². The number of amides is 1. The quantitative estimate of drug-likeness (QED) is 0.758. The molecule has 3 rings (SSSR count). The van der Waals surface area contributed by atoms with Gasteiger partial charge < -0.3 is 15.2 Å². The molecule has 148 valence electrons. The summed E-state index contributed by atoms with van der Waals surface area (Å²) in [6.07, 6.45) is 1.07. The smallest absolute Gasteiger partial charge is 0.309 e. The molecule has 0 spiro atoms. The van der Waals surface area contributed by atoms with Crippen LogP contribution in [0.4, 0.5) is 5.69 Å². The predicted octanol–water partition coefficient (Wildman–Crippen LogP) is 4.73. The van der Waals surface area contributed by atoms with Crippen LogP contribution in [-0.4, -0.2) is 17.0 Å². The second-order valence-corrected chi connectivity index (χ2v) is 8.24. The lowest BCUT2D eigenvalue weighted by Crippen LogP contribution is -2.43. The summed E-state index contributed by atoms with van der Waals surface area (Å²) in [5, 5.41) is 12.5. The second-order valence-electron chi connectivity index (χ2n) is 8.24. The zero-order valence-electron chi connectivity index (χ0n) is 16.6. The molecule has 1 fully saturated rings. The summed E-state index contributed by atoms with van der Waals surface area (Å²) in [6.45, 7) is 5.97. The Labute approximate surface area is 165 Å². The van der Waals surface area contributed by atoms with Crippen molar-refractivity contribution in [2.45, 2.75) is 40.2 Å². The SMILES string of the molecule is CC1(C)[C@@H](C(=O)Nc2ccc(OCc3ccccc3)cc2)CC[C@]1(C)C(=O)O. The number of benzene rings is 2. The van der Waals surface area contributed by atoms with Gasteiger partial charge in [-0.1, -0.05) is 44.2 Å². The number of hydrogen-bond acceptors (Lipinski definition) is 3. The molecule has 0 bridgehead atoms. The maximum atomic E-state index is 12.8. The van der Waals surface area contributed by atoms with Crippen LogP contribution in [0.15, 0.2) is 54.6 Å². The van der Waals surface area contributed by atoms with Crippen molar-refractivity contribution in [1.82, 2.24) is 0 Å². The molecule has 2 aromatic rings. The van der Waals surface area contributed by atoms with E-state index in [1.807, 2.05) is 56.3 Å². The monoisotopic (exact) mass is 381 g/mol. The molecule has 2 aromatic carbocycles. The molecule has 0 heterocycles. The minimum atomic E-state index is -0.899. The Hall–Kier alpha value is -2.82. The lowest BCUT2D eigenvalue weighted by atomic mass is 9.65. The van der Waals surface area contributed by atoms with Gasteiger partial charge in [0.2, 0.25) is 5.91 Å². The summed E-state index contributed by atoms with van der Waals surface area (Å²) in [7, 11) is 0. The molecule has 0 radical (unpaired) electrons. The average molecular weight is 381 g/mol. The van der Waals surface area contributed by atoms with Gasteiger partial charge in [0.1, 0.15) is 12.4 Å². The van der Waals surface area contributed by atoms with E-state index < -0.39 is 16.8 Å². The van der Waals surface area contributed by atoms with E-state index in [4.69, 9.17) is 4.74 Å². The Morgan fingerprint density at radius 3 is 2.29 bits per heavy atom. The fourth-order valence-corrected chi connectivity index (χ4v) is 3.95. The molecule has 1 saturated carbocycles. The molecule has 1 amide bonds. The first-order valence-electron chi connectivity index (χ1n) is 9.55. The number of aliphatic carboxylic acids is 1. The Morgan fingerprint density at radius 2 is 1.71 bits per heavy atom. The van der Waals surface area contributed by atoms with Crippen LogP contribution in [0.5, 0.6) is 5.75 Å². The summed E-state index contributed by atoms with van der Waals surface area (Å²) in [6, 6.07) is 17.2. The van der Waals surface area contributed by atoms with E-state index in [9.17, 15) is 14.7 Å². The number of rotatable bonds is 6. The van der Waals surface area contributed by atoms with E-state index in [1.54, 1.807) is 19.1 Å². The summed E-state index contributed by atoms with van der Waals surface area (Å²) in [5.74, 6) is -0.593. The summed E-state index contributed by atoms with van der Waals surface area (Å²) in [4.78, 5) is 24.5. The molecule has 5 nitrogen and oxygen atoms in total. The molecule has 0 unspecified atom stereocenters. The molecule has 0 aromatic heterocycles. The van der Waals surface area contributed by atoms with E-state index in [1.165, 1.54) is 0 Å². The van der Waals surface area contributed by atoms with Crippen molar-refractivity contribution >= 4 is 17.6 Å². The molecule has 2 N–H and O–H groups in total. The highest BCUT2D eigenvalue weighted by atomic mass is 16.5. The van der Waals surface area contributed by atoms with Gasteiger partial charge in [-0.15, -0.1) is 0 Å². The molecule has 2 atom stereocenters. The molecule has 0 aliphatic heterocycles. The lowest BCUT2D eigenvalue weighted by molar-refractivity contribution is -0.154. The van der Waals surface area contributed by atoms with Gasteiger partial charge in [0.05, 0.1) is 5.41 Å². The van der Waals surface area contributed by atoms with Crippen molar-refractivity contribution in [3.8, 4) is 5.75 Å². The maximum Gasteiger partial charge on any atom is 0.309 e. The van der Waals surface area contributed by atoms with Crippen LogP contribution >= 0.6 is 0 Å². The van der Waals surface area contributed by atoms with Crippen LogP contribution in [0, 0.1) is 16.7 Å². The topological polar surface area (TPSA) is 75.6 Å². The van der Waals surface area contributed by atoms with Crippen molar-refractivity contribution in [3.63, 3.8) is 0 Å². The number of nitrogens with one attached hydrogen (secondary N) is 1. The highest BCUT2D eigenvalue weighted by molar-refractivity contribution is 5.94. The van der Waals surface area contributed by atoms with Gasteiger partial charge in [-0.2, -0.15) is 0 Å². The van der Waals surface area contributed by atoms with Crippen molar-refractivity contribution in [3.05, 3.63) is 60.2 Å². The summed E-state index contributed by atoms with van der Waals surface area (Å²) in [5.41, 5.74) is 0.243. The number of carbonyl (C=O) groups excluding carboxylic acids is 1. The maximum absolute atomic E-state index is 12.8. The van der Waals surface area contributed by atoms with Crippen LogP contribution in [0.2, 0.25) is 0 Å². The third-order valence-corrected chi connectivity index (χ3v) is 6.38. The van der Waals surface area contributed by atoms with Crippen LogP contribution in [0.3, 0.4) is 0 Å². The van der Waals surface area contributed by atoms with Crippen molar-refractivity contribution in [2.75, 3.05) is 5.32 Å². The molecule has 5 heteroatoms. The minimum absolute atomic E-state index is 0.132. The Kier molecular flexibility index (Phi) is 5.45. The largest absolute Gasteiger partial charge is 0.489 e. The first-order chi connectivity index (χ1) is 13.2. The zero-order valence-corrected chi connectivity index (χ0v) is 16.6. The first-order valence-corrected chi connectivity index (χ1v) is 9.55. The molecule has 28 heavy (non-hydrogen) atoms. The summed E-state index contributed by atoms with van der Waals surface area (Å²) >= 11 is 0. The number of anilines is 1. The molecular weight excluding hydrogens is 354 g/mol. The molecule has 1 aliphatic carbocycles. The zero-order chi connectivity index (χ0) is 20.4. The lowest BCUT2D eigenvalue weighted by Gasteiger charge is -2.37. The fourth-order valence-electron chi connectivity index (χ4n) is 3.95.